The molecule has 1 heterocycles. The Bertz CT molecular complexity index is 324. The molecule has 0 aromatic carbocycles. The first kappa shape index (κ1) is 9.68. The fraction of sp³-hybridized carbons (Fsp3) is 0.556. The maximum atomic E-state index is 6.05. The summed E-state index contributed by atoms with van der Waals surface area (Å²) in [5.74, 6) is 0.689. The predicted octanol–water partition coefficient (Wildman–Crippen LogP) is 1.42. The van der Waals surface area contributed by atoms with Crippen LogP contribution in [0, 0.1) is 0 Å². The highest BCUT2D eigenvalue weighted by atomic mass is 35.5. The number of halogens is 1. The van der Waals surface area contributed by atoms with E-state index in [-0.39, 0.29) is 5.54 Å². The summed E-state index contributed by atoms with van der Waals surface area (Å²) < 4.78 is 0. The Morgan fingerprint density at radius 3 is 2.86 bits per heavy atom. The SMILES string of the molecule is NC1(CNc2cncc(Cl)n2)CCC1. The zero-order chi connectivity index (χ0) is 10.0. The molecule has 0 radical (unpaired) electrons. The standard InChI is InChI=1S/C9H13ClN4/c10-7-4-12-5-8(14-7)13-6-9(11)2-1-3-9/h4-5H,1-3,6,11H2,(H,13,14). The molecule has 0 atom stereocenters. The van der Waals surface area contributed by atoms with E-state index in [1.54, 1.807) is 6.20 Å². The van der Waals surface area contributed by atoms with Gasteiger partial charge in [-0.05, 0) is 19.3 Å². The van der Waals surface area contributed by atoms with E-state index in [4.69, 9.17) is 17.3 Å². The van der Waals surface area contributed by atoms with Crippen LogP contribution in [0.5, 0.6) is 0 Å². The summed E-state index contributed by atoms with van der Waals surface area (Å²) in [5.41, 5.74) is 5.99. The van der Waals surface area contributed by atoms with Gasteiger partial charge in [-0.2, -0.15) is 0 Å². The summed E-state index contributed by atoms with van der Waals surface area (Å²) in [6.45, 7) is 0.738. The molecule has 1 aromatic heterocycles. The van der Waals surface area contributed by atoms with Crippen LogP contribution in [0.25, 0.3) is 0 Å². The van der Waals surface area contributed by atoms with Gasteiger partial charge in [0.25, 0.3) is 0 Å². The highest BCUT2D eigenvalue weighted by Crippen LogP contribution is 2.28. The Kier molecular flexibility index (Phi) is 2.56. The highest BCUT2D eigenvalue weighted by molar-refractivity contribution is 6.29. The van der Waals surface area contributed by atoms with E-state index < -0.39 is 0 Å². The lowest BCUT2D eigenvalue weighted by Crippen LogP contribution is -2.52. The van der Waals surface area contributed by atoms with Crippen molar-refractivity contribution in [2.75, 3.05) is 11.9 Å². The molecule has 2 rings (SSSR count). The molecule has 1 aromatic rings. The number of nitrogens with two attached hydrogens (primary N) is 1. The minimum absolute atomic E-state index is 0.0516. The molecule has 4 nitrogen and oxygen atoms in total. The first-order valence-electron chi connectivity index (χ1n) is 4.68. The quantitative estimate of drug-likeness (QED) is 0.796. The van der Waals surface area contributed by atoms with Crippen LogP contribution < -0.4 is 11.1 Å². The van der Waals surface area contributed by atoms with Crippen LogP contribution in [0.15, 0.2) is 12.4 Å². The number of hydrogen-bond donors (Lipinski definition) is 2. The number of rotatable bonds is 3. The van der Waals surface area contributed by atoms with Crippen LogP contribution in [0.2, 0.25) is 5.15 Å². The van der Waals surface area contributed by atoms with E-state index in [9.17, 15) is 0 Å². The summed E-state index contributed by atoms with van der Waals surface area (Å²) in [6, 6.07) is 0. The van der Waals surface area contributed by atoms with Crippen molar-refractivity contribution in [1.29, 1.82) is 0 Å². The van der Waals surface area contributed by atoms with Crippen molar-refractivity contribution in [2.24, 2.45) is 5.73 Å². The van der Waals surface area contributed by atoms with Crippen molar-refractivity contribution in [3.05, 3.63) is 17.5 Å². The smallest absolute Gasteiger partial charge is 0.149 e. The second-order valence-corrected chi connectivity index (χ2v) is 4.18. The number of nitrogens with zero attached hydrogens (tertiary/aromatic N) is 2. The van der Waals surface area contributed by atoms with Gasteiger partial charge in [-0.1, -0.05) is 11.6 Å². The van der Waals surface area contributed by atoms with Gasteiger partial charge in [-0.3, -0.25) is 4.98 Å². The Morgan fingerprint density at radius 2 is 2.29 bits per heavy atom. The summed E-state index contributed by atoms with van der Waals surface area (Å²) in [6.07, 6.45) is 6.53. The average molecular weight is 213 g/mol. The van der Waals surface area contributed by atoms with Crippen LogP contribution in [-0.2, 0) is 0 Å². The second kappa shape index (κ2) is 3.71. The number of anilines is 1. The van der Waals surface area contributed by atoms with E-state index in [2.05, 4.69) is 15.3 Å². The molecule has 1 aliphatic rings. The molecule has 0 spiro atoms. The Hall–Kier alpha value is -0.870. The van der Waals surface area contributed by atoms with Crippen LogP contribution in [0.1, 0.15) is 19.3 Å². The number of nitrogens with one attached hydrogen (secondary N) is 1. The van der Waals surface area contributed by atoms with E-state index >= 15 is 0 Å². The van der Waals surface area contributed by atoms with Crippen LogP contribution >= 0.6 is 11.6 Å². The summed E-state index contributed by atoms with van der Waals surface area (Å²) in [7, 11) is 0. The molecule has 3 N–H and O–H groups in total. The normalized spacial score (nSPS) is 18.7. The van der Waals surface area contributed by atoms with E-state index in [1.807, 2.05) is 0 Å². The summed E-state index contributed by atoms with van der Waals surface area (Å²) in [5, 5.41) is 3.54. The topological polar surface area (TPSA) is 63.8 Å². The Labute approximate surface area is 87.9 Å². The summed E-state index contributed by atoms with van der Waals surface area (Å²) >= 11 is 5.70. The van der Waals surface area contributed by atoms with Crippen molar-refractivity contribution < 1.29 is 0 Å². The zero-order valence-electron chi connectivity index (χ0n) is 7.83. The van der Waals surface area contributed by atoms with Crippen LogP contribution in [-0.4, -0.2) is 22.1 Å². The van der Waals surface area contributed by atoms with Gasteiger partial charge in [-0.15, -0.1) is 0 Å². The van der Waals surface area contributed by atoms with E-state index in [0.717, 1.165) is 19.4 Å². The average Bonchev–Trinajstić information content (AvgIpc) is 2.12. The van der Waals surface area contributed by atoms with Crippen molar-refractivity contribution >= 4 is 17.4 Å². The lowest BCUT2D eigenvalue weighted by Gasteiger charge is -2.38. The van der Waals surface area contributed by atoms with E-state index in [1.165, 1.54) is 12.6 Å². The molecule has 0 unspecified atom stereocenters. The first-order chi connectivity index (χ1) is 6.68. The Balaban J connectivity index is 1.91. The molecule has 76 valence electrons. The molecule has 14 heavy (non-hydrogen) atoms. The van der Waals surface area contributed by atoms with Gasteiger partial charge in [0.1, 0.15) is 11.0 Å². The van der Waals surface area contributed by atoms with Gasteiger partial charge in [-0.25, -0.2) is 4.98 Å². The molecule has 0 aliphatic heterocycles. The van der Waals surface area contributed by atoms with Crippen LogP contribution in [0.4, 0.5) is 5.82 Å². The van der Waals surface area contributed by atoms with Gasteiger partial charge < -0.3 is 11.1 Å². The minimum Gasteiger partial charge on any atom is -0.367 e. The summed E-state index contributed by atoms with van der Waals surface area (Å²) in [4.78, 5) is 8.00. The predicted molar refractivity (Wildman–Crippen MR) is 56.3 cm³/mol. The van der Waals surface area contributed by atoms with Gasteiger partial charge in [0.2, 0.25) is 0 Å². The molecule has 5 heteroatoms. The highest BCUT2D eigenvalue weighted by Gasteiger charge is 2.32. The van der Waals surface area contributed by atoms with Gasteiger partial charge in [0.15, 0.2) is 0 Å². The lowest BCUT2D eigenvalue weighted by molar-refractivity contribution is 0.265. The van der Waals surface area contributed by atoms with Gasteiger partial charge in [0, 0.05) is 12.1 Å². The fourth-order valence-electron chi connectivity index (χ4n) is 1.50. The van der Waals surface area contributed by atoms with Gasteiger partial charge in [0.05, 0.1) is 12.4 Å². The third-order valence-corrected chi connectivity index (χ3v) is 2.76. The third kappa shape index (κ3) is 2.13. The second-order valence-electron chi connectivity index (χ2n) is 3.80. The molecule has 0 bridgehead atoms. The van der Waals surface area contributed by atoms with Crippen molar-refractivity contribution in [2.45, 2.75) is 24.8 Å². The minimum atomic E-state index is -0.0516. The molecular formula is C9H13ClN4. The van der Waals surface area contributed by atoms with Crippen molar-refractivity contribution in [3.8, 4) is 0 Å². The lowest BCUT2D eigenvalue weighted by atomic mass is 9.78. The maximum absolute atomic E-state index is 6.05. The molecule has 1 aliphatic carbocycles. The van der Waals surface area contributed by atoms with E-state index in [0.29, 0.717) is 11.0 Å². The number of aromatic nitrogens is 2. The molecule has 0 amide bonds. The molecule has 1 fully saturated rings. The fourth-order valence-corrected chi connectivity index (χ4v) is 1.65. The largest absolute Gasteiger partial charge is 0.367 e. The molecular weight excluding hydrogens is 200 g/mol. The van der Waals surface area contributed by atoms with Crippen molar-refractivity contribution in [3.63, 3.8) is 0 Å². The molecule has 1 saturated carbocycles. The Morgan fingerprint density at radius 1 is 1.50 bits per heavy atom. The maximum Gasteiger partial charge on any atom is 0.149 e. The first-order valence-corrected chi connectivity index (χ1v) is 5.06. The monoisotopic (exact) mass is 212 g/mol. The zero-order valence-corrected chi connectivity index (χ0v) is 8.59. The third-order valence-electron chi connectivity index (χ3n) is 2.58. The van der Waals surface area contributed by atoms with Crippen LogP contribution in [0.3, 0.4) is 0 Å². The molecule has 0 saturated heterocycles. The number of hydrogen-bond acceptors (Lipinski definition) is 4. The van der Waals surface area contributed by atoms with Crippen molar-refractivity contribution in [1.82, 2.24) is 9.97 Å². The van der Waals surface area contributed by atoms with Gasteiger partial charge >= 0.3 is 0 Å².